The second-order valence-corrected chi connectivity index (χ2v) is 5.97. The van der Waals surface area contributed by atoms with E-state index in [9.17, 15) is 5.11 Å². The maximum atomic E-state index is 9.19. The lowest BCUT2D eigenvalue weighted by Gasteiger charge is -2.15. The van der Waals surface area contributed by atoms with Crippen molar-refractivity contribution in [1.29, 1.82) is 10.8 Å². The molecule has 6 heteroatoms. The summed E-state index contributed by atoms with van der Waals surface area (Å²) in [5.41, 5.74) is 0. The van der Waals surface area contributed by atoms with Crippen LogP contribution in [0, 0.1) is 10.8 Å². The smallest absolute Gasteiger partial charge is 0.0595 e. The van der Waals surface area contributed by atoms with E-state index in [2.05, 4.69) is 13.8 Å². The molecule has 0 spiro atoms. The standard InChI is InChI=1S/C9H20O2.C8H18O2.3CH4.N2/c1-4-5-6-9(11-3)7-8(2)10;1-3-4-5-8(10)6-7(2)9;;;;1-2/h8-10H,4-7H2,1-3H3;7-10H,3-6H2,1-2H3;3*1H4;. The van der Waals surface area contributed by atoms with Crippen LogP contribution in [0.25, 0.3) is 0 Å². The summed E-state index contributed by atoms with van der Waals surface area (Å²) >= 11 is 0. The first kappa shape index (κ1) is 40.1. The molecular formula is C20H50N2O4. The first-order valence-electron chi connectivity index (χ1n) is 8.64. The third-order valence-electron chi connectivity index (χ3n) is 3.32. The van der Waals surface area contributed by atoms with Crippen LogP contribution in [0.3, 0.4) is 0 Å². The Morgan fingerprint density at radius 2 is 1.15 bits per heavy atom. The highest BCUT2D eigenvalue weighted by Crippen LogP contribution is 2.09. The summed E-state index contributed by atoms with van der Waals surface area (Å²) in [5, 5.41) is 39.1. The number of ether oxygens (including phenoxy) is 1. The first-order chi connectivity index (χ1) is 10.9. The van der Waals surface area contributed by atoms with Gasteiger partial charge in [-0.15, -0.1) is 0 Å². The van der Waals surface area contributed by atoms with Crippen LogP contribution in [-0.4, -0.2) is 46.8 Å². The molecule has 0 aliphatic heterocycles. The van der Waals surface area contributed by atoms with Crippen molar-refractivity contribution in [1.82, 2.24) is 0 Å². The van der Waals surface area contributed by atoms with E-state index in [1.165, 1.54) is 12.8 Å². The first-order valence-corrected chi connectivity index (χ1v) is 8.64. The van der Waals surface area contributed by atoms with E-state index in [1.54, 1.807) is 21.0 Å². The van der Waals surface area contributed by atoms with Gasteiger partial charge in [0.25, 0.3) is 0 Å². The summed E-state index contributed by atoms with van der Waals surface area (Å²) in [6, 6.07) is 0. The summed E-state index contributed by atoms with van der Waals surface area (Å²) in [5.74, 6) is 0. The van der Waals surface area contributed by atoms with Gasteiger partial charge in [0.05, 0.1) is 24.4 Å². The van der Waals surface area contributed by atoms with Gasteiger partial charge in [-0.1, -0.05) is 61.8 Å². The minimum absolute atomic E-state index is 0. The maximum absolute atomic E-state index is 9.19. The Labute approximate surface area is 164 Å². The second-order valence-electron chi connectivity index (χ2n) is 5.97. The fraction of sp³-hybridized carbons (Fsp3) is 1.00. The number of nitrogens with zero attached hydrogens (tertiary/aromatic N) is 2. The summed E-state index contributed by atoms with van der Waals surface area (Å²) in [6.45, 7) is 7.76. The fourth-order valence-electron chi connectivity index (χ4n) is 2.10. The molecular weight excluding hydrogens is 332 g/mol. The molecule has 4 unspecified atom stereocenters. The van der Waals surface area contributed by atoms with Gasteiger partial charge in [-0.2, -0.15) is 0 Å². The molecule has 0 bridgehead atoms. The predicted octanol–water partition coefficient (Wildman–Crippen LogP) is 5.21. The zero-order valence-electron chi connectivity index (χ0n) is 15.6. The van der Waals surface area contributed by atoms with Gasteiger partial charge in [-0.05, 0) is 39.5 Å². The van der Waals surface area contributed by atoms with Gasteiger partial charge in [0.15, 0.2) is 0 Å². The van der Waals surface area contributed by atoms with Crippen LogP contribution in [0.5, 0.6) is 0 Å². The minimum Gasteiger partial charge on any atom is -0.393 e. The van der Waals surface area contributed by atoms with Crippen molar-refractivity contribution < 1.29 is 20.1 Å². The summed E-state index contributed by atoms with van der Waals surface area (Å²) in [4.78, 5) is 0. The summed E-state index contributed by atoms with van der Waals surface area (Å²) in [7, 11) is 1.71. The van der Waals surface area contributed by atoms with Crippen LogP contribution in [0.2, 0.25) is 0 Å². The van der Waals surface area contributed by atoms with Crippen molar-refractivity contribution in [2.45, 2.75) is 126 Å². The van der Waals surface area contributed by atoms with Gasteiger partial charge in [0.1, 0.15) is 0 Å². The number of hydrogen-bond donors (Lipinski definition) is 3. The van der Waals surface area contributed by atoms with Crippen molar-refractivity contribution in [3.63, 3.8) is 0 Å². The Bertz CT molecular complexity index is 237. The molecule has 6 nitrogen and oxygen atoms in total. The molecule has 0 fully saturated rings. The van der Waals surface area contributed by atoms with Gasteiger partial charge in [-0.25, -0.2) is 0 Å². The van der Waals surface area contributed by atoms with Crippen molar-refractivity contribution in [3.05, 3.63) is 0 Å². The van der Waals surface area contributed by atoms with Crippen LogP contribution in [-0.2, 0) is 4.74 Å². The molecule has 0 rings (SSSR count). The molecule has 26 heavy (non-hydrogen) atoms. The normalized spacial score (nSPS) is 13.5. The molecule has 0 saturated heterocycles. The lowest BCUT2D eigenvalue weighted by Crippen LogP contribution is -2.17. The molecule has 0 aromatic rings. The molecule has 0 radical (unpaired) electrons. The summed E-state index contributed by atoms with van der Waals surface area (Å²) in [6.07, 6.45) is 7.03. The lowest BCUT2D eigenvalue weighted by atomic mass is 10.1. The van der Waals surface area contributed by atoms with Crippen molar-refractivity contribution in [2.24, 2.45) is 0 Å². The van der Waals surface area contributed by atoms with Crippen molar-refractivity contribution in [3.8, 4) is 0 Å². The van der Waals surface area contributed by atoms with Crippen LogP contribution >= 0.6 is 0 Å². The highest BCUT2D eigenvalue weighted by atomic mass is 16.5. The molecule has 0 aromatic heterocycles. The van der Waals surface area contributed by atoms with E-state index in [-0.39, 0.29) is 46.7 Å². The third-order valence-corrected chi connectivity index (χ3v) is 3.32. The van der Waals surface area contributed by atoms with Crippen LogP contribution < -0.4 is 0 Å². The van der Waals surface area contributed by atoms with E-state index < -0.39 is 0 Å². The predicted molar refractivity (Wildman–Crippen MR) is 112 cm³/mol. The topological polar surface area (TPSA) is 118 Å². The Morgan fingerprint density at radius 3 is 1.46 bits per heavy atom. The average Bonchev–Trinajstić information content (AvgIpc) is 2.51. The van der Waals surface area contributed by atoms with E-state index in [4.69, 9.17) is 25.7 Å². The highest BCUT2D eigenvalue weighted by molar-refractivity contribution is 4.61. The maximum Gasteiger partial charge on any atom is 0.0595 e. The Hall–Kier alpha value is -0.740. The van der Waals surface area contributed by atoms with Crippen LogP contribution in [0.15, 0.2) is 0 Å². The molecule has 164 valence electrons. The SMILES string of the molecule is C.C.C.CCCCC(CC(C)O)OC.CCCCC(O)CC(C)O.N#N. The Kier molecular flexibility index (Phi) is 49.3. The largest absolute Gasteiger partial charge is 0.393 e. The zero-order chi connectivity index (χ0) is 18.7. The minimum atomic E-state index is -0.369. The zero-order valence-corrected chi connectivity index (χ0v) is 15.6. The molecule has 0 aliphatic rings. The lowest BCUT2D eigenvalue weighted by molar-refractivity contribution is 0.0451. The number of rotatable bonds is 11. The number of hydrogen-bond acceptors (Lipinski definition) is 6. The van der Waals surface area contributed by atoms with Gasteiger partial charge in [0.2, 0.25) is 0 Å². The quantitative estimate of drug-likeness (QED) is 0.422. The molecule has 0 amide bonds. The molecule has 0 heterocycles. The van der Waals surface area contributed by atoms with E-state index in [1.807, 2.05) is 0 Å². The Balaban J connectivity index is -0.0000000635. The van der Waals surface area contributed by atoms with Gasteiger partial charge in [-0.3, -0.25) is 0 Å². The van der Waals surface area contributed by atoms with Crippen LogP contribution in [0.1, 0.15) is 101 Å². The molecule has 3 N–H and O–H groups in total. The average molecular weight is 383 g/mol. The molecule has 0 saturated carbocycles. The van der Waals surface area contributed by atoms with Gasteiger partial charge in [0, 0.05) is 17.9 Å². The number of aliphatic hydroxyl groups is 3. The third kappa shape index (κ3) is 38.7. The van der Waals surface area contributed by atoms with Crippen molar-refractivity contribution in [2.75, 3.05) is 7.11 Å². The number of aliphatic hydroxyl groups excluding tert-OH is 3. The van der Waals surface area contributed by atoms with Crippen LogP contribution in [0.4, 0.5) is 0 Å². The van der Waals surface area contributed by atoms with E-state index in [0.29, 0.717) is 6.42 Å². The van der Waals surface area contributed by atoms with Gasteiger partial charge >= 0.3 is 0 Å². The highest BCUT2D eigenvalue weighted by Gasteiger charge is 2.09. The molecule has 0 aliphatic carbocycles. The number of methoxy groups -OCH3 is 1. The van der Waals surface area contributed by atoms with Gasteiger partial charge < -0.3 is 20.1 Å². The van der Waals surface area contributed by atoms with E-state index >= 15 is 0 Å². The second kappa shape index (κ2) is 32.0. The summed E-state index contributed by atoms with van der Waals surface area (Å²) < 4.78 is 5.20. The molecule has 4 atom stereocenters. The number of unbranched alkanes of at least 4 members (excludes halogenated alkanes) is 2. The molecule has 0 aromatic carbocycles. The van der Waals surface area contributed by atoms with Crippen molar-refractivity contribution >= 4 is 0 Å². The fourth-order valence-corrected chi connectivity index (χ4v) is 2.10. The van der Waals surface area contributed by atoms with E-state index in [0.717, 1.165) is 32.1 Å². The Morgan fingerprint density at radius 1 is 0.769 bits per heavy atom. The monoisotopic (exact) mass is 382 g/mol.